The number of piperidine rings is 1. The molecule has 6 nitrogen and oxygen atoms in total. The molecule has 1 aliphatic heterocycles. The molecule has 0 saturated carbocycles. The quantitative estimate of drug-likeness (QED) is 0.852. The number of rotatable bonds is 5. The van der Waals surface area contributed by atoms with E-state index in [-0.39, 0.29) is 12.1 Å². The lowest BCUT2D eigenvalue weighted by atomic mass is 10.1. The molecule has 3 rings (SSSR count). The van der Waals surface area contributed by atoms with E-state index in [2.05, 4.69) is 15.5 Å². The van der Waals surface area contributed by atoms with Gasteiger partial charge in [0.2, 0.25) is 0 Å². The molecule has 2 aromatic rings. The second-order valence-electron chi connectivity index (χ2n) is 6.30. The van der Waals surface area contributed by atoms with Crippen LogP contribution in [0.25, 0.3) is 0 Å². The van der Waals surface area contributed by atoms with E-state index in [1.54, 1.807) is 20.3 Å². The topological polar surface area (TPSA) is 62.8 Å². The zero-order chi connectivity index (χ0) is 18.4. The zero-order valence-corrected chi connectivity index (χ0v) is 15.2. The summed E-state index contributed by atoms with van der Waals surface area (Å²) in [5.74, 6) is 0.697. The molecular weight excluding hydrogens is 330 g/mol. The van der Waals surface area contributed by atoms with Crippen molar-refractivity contribution in [2.75, 3.05) is 42.8 Å². The Morgan fingerprint density at radius 1 is 1.08 bits per heavy atom. The summed E-state index contributed by atoms with van der Waals surface area (Å²) in [5.41, 5.74) is 2.57. The number of benzene rings is 2. The van der Waals surface area contributed by atoms with Crippen molar-refractivity contribution in [3.05, 3.63) is 48.5 Å². The van der Waals surface area contributed by atoms with Gasteiger partial charge in [-0.05, 0) is 49.2 Å². The molecule has 2 aromatic carbocycles. The third kappa shape index (κ3) is 4.67. The largest absolute Gasteiger partial charge is 0.497 e. The minimum atomic E-state index is -0.288. The van der Waals surface area contributed by atoms with E-state index >= 15 is 0 Å². The van der Waals surface area contributed by atoms with Crippen LogP contribution in [0.5, 0.6) is 5.75 Å². The summed E-state index contributed by atoms with van der Waals surface area (Å²) >= 11 is 0. The van der Waals surface area contributed by atoms with Crippen molar-refractivity contribution in [1.82, 2.24) is 0 Å². The minimum absolute atomic E-state index is 0.287. The molecule has 1 heterocycles. The minimum Gasteiger partial charge on any atom is -0.497 e. The maximum absolute atomic E-state index is 12.2. The summed E-state index contributed by atoms with van der Waals surface area (Å²) in [6, 6.07) is 14.8. The molecule has 26 heavy (non-hydrogen) atoms. The highest BCUT2D eigenvalue weighted by Crippen LogP contribution is 2.23. The first kappa shape index (κ1) is 18.1. The molecule has 1 aliphatic rings. The molecular formula is C20H25N3O3. The van der Waals surface area contributed by atoms with Crippen molar-refractivity contribution in [3.8, 4) is 5.75 Å². The van der Waals surface area contributed by atoms with Gasteiger partial charge in [-0.3, -0.25) is 0 Å². The maximum Gasteiger partial charge on any atom is 0.323 e. The molecule has 2 amide bonds. The second-order valence-corrected chi connectivity index (χ2v) is 6.30. The summed E-state index contributed by atoms with van der Waals surface area (Å²) in [7, 11) is 3.36. The lowest BCUT2D eigenvalue weighted by molar-refractivity contribution is 0.0893. The number of carbonyl (C=O) groups excluding carboxylic acids is 1. The molecule has 0 aromatic heterocycles. The van der Waals surface area contributed by atoms with Crippen LogP contribution in [0.4, 0.5) is 21.9 Å². The normalized spacial score (nSPS) is 16.8. The van der Waals surface area contributed by atoms with E-state index in [1.165, 1.54) is 0 Å². The van der Waals surface area contributed by atoms with Crippen molar-refractivity contribution in [3.63, 3.8) is 0 Å². The summed E-state index contributed by atoms with van der Waals surface area (Å²) in [5, 5.41) is 5.64. The molecule has 0 radical (unpaired) electrons. The predicted molar refractivity (Wildman–Crippen MR) is 104 cm³/mol. The van der Waals surface area contributed by atoms with Gasteiger partial charge in [0, 0.05) is 43.3 Å². The van der Waals surface area contributed by atoms with Crippen LogP contribution in [-0.4, -0.2) is 39.4 Å². The summed E-state index contributed by atoms with van der Waals surface area (Å²) in [4.78, 5) is 14.5. The standard InChI is InChI=1S/C20H25N3O3/c1-25-18-6-3-5-16(13-18)22-20(24)21-15-8-10-17(11-9-15)23-12-4-7-19(14-23)26-2/h3,5-6,8-11,13,19H,4,7,12,14H2,1-2H3,(H2,21,22,24). The average molecular weight is 355 g/mol. The van der Waals surface area contributed by atoms with Gasteiger partial charge in [-0.2, -0.15) is 0 Å². The highest BCUT2D eigenvalue weighted by Gasteiger charge is 2.19. The Hall–Kier alpha value is -2.73. The number of ether oxygens (including phenoxy) is 2. The Bertz CT molecular complexity index is 733. The van der Waals surface area contributed by atoms with E-state index in [4.69, 9.17) is 9.47 Å². The Morgan fingerprint density at radius 3 is 2.58 bits per heavy atom. The summed E-state index contributed by atoms with van der Waals surface area (Å²) < 4.78 is 10.6. The lowest BCUT2D eigenvalue weighted by Gasteiger charge is -2.33. The van der Waals surface area contributed by atoms with Gasteiger partial charge in [-0.25, -0.2) is 4.79 Å². The number of carbonyl (C=O) groups is 1. The van der Waals surface area contributed by atoms with E-state index in [0.29, 0.717) is 11.4 Å². The van der Waals surface area contributed by atoms with Gasteiger partial charge in [-0.15, -0.1) is 0 Å². The fraction of sp³-hybridized carbons (Fsp3) is 0.350. The van der Waals surface area contributed by atoms with Gasteiger partial charge in [0.15, 0.2) is 0 Å². The summed E-state index contributed by atoms with van der Waals surface area (Å²) in [6.07, 6.45) is 2.52. The van der Waals surface area contributed by atoms with Crippen molar-refractivity contribution >= 4 is 23.1 Å². The Labute approximate surface area is 154 Å². The van der Waals surface area contributed by atoms with Gasteiger partial charge < -0.3 is 25.0 Å². The van der Waals surface area contributed by atoms with Crippen molar-refractivity contribution in [1.29, 1.82) is 0 Å². The Balaban J connectivity index is 1.57. The van der Waals surface area contributed by atoms with Gasteiger partial charge in [0.05, 0.1) is 13.2 Å². The van der Waals surface area contributed by atoms with Crippen molar-refractivity contribution in [2.45, 2.75) is 18.9 Å². The lowest BCUT2D eigenvalue weighted by Crippen LogP contribution is -2.39. The fourth-order valence-corrected chi connectivity index (χ4v) is 3.11. The highest BCUT2D eigenvalue weighted by molar-refractivity contribution is 5.99. The monoisotopic (exact) mass is 355 g/mol. The smallest absolute Gasteiger partial charge is 0.323 e. The second kappa shape index (κ2) is 8.58. The number of anilines is 3. The van der Waals surface area contributed by atoms with Crippen LogP contribution in [-0.2, 0) is 4.74 Å². The van der Waals surface area contributed by atoms with Crippen LogP contribution < -0.4 is 20.3 Å². The molecule has 1 fully saturated rings. The van der Waals surface area contributed by atoms with Crippen LogP contribution in [0.2, 0.25) is 0 Å². The van der Waals surface area contributed by atoms with E-state index < -0.39 is 0 Å². The van der Waals surface area contributed by atoms with Gasteiger partial charge in [-0.1, -0.05) is 6.07 Å². The number of hydrogen-bond acceptors (Lipinski definition) is 4. The number of urea groups is 1. The molecule has 0 aliphatic carbocycles. The number of methoxy groups -OCH3 is 2. The van der Waals surface area contributed by atoms with Crippen molar-refractivity contribution in [2.24, 2.45) is 0 Å². The number of nitrogens with one attached hydrogen (secondary N) is 2. The first-order chi connectivity index (χ1) is 12.7. The van der Waals surface area contributed by atoms with Crippen LogP contribution in [0.1, 0.15) is 12.8 Å². The third-order valence-electron chi connectivity index (χ3n) is 4.53. The van der Waals surface area contributed by atoms with Crippen LogP contribution in [0, 0.1) is 0 Å². The molecule has 138 valence electrons. The van der Waals surface area contributed by atoms with Crippen LogP contribution in [0.3, 0.4) is 0 Å². The number of hydrogen-bond donors (Lipinski definition) is 2. The summed E-state index contributed by atoms with van der Waals surface area (Å²) in [6.45, 7) is 1.93. The number of nitrogens with zero attached hydrogens (tertiary/aromatic N) is 1. The third-order valence-corrected chi connectivity index (χ3v) is 4.53. The van der Waals surface area contributed by atoms with Crippen LogP contribution in [0.15, 0.2) is 48.5 Å². The molecule has 0 spiro atoms. The van der Waals surface area contributed by atoms with E-state index in [0.717, 1.165) is 37.3 Å². The van der Waals surface area contributed by atoms with E-state index in [9.17, 15) is 4.79 Å². The van der Waals surface area contributed by atoms with Gasteiger partial charge in [0.25, 0.3) is 0 Å². The molecule has 2 N–H and O–H groups in total. The average Bonchev–Trinajstić information content (AvgIpc) is 2.68. The first-order valence-corrected chi connectivity index (χ1v) is 8.78. The highest BCUT2D eigenvalue weighted by atomic mass is 16.5. The van der Waals surface area contributed by atoms with Gasteiger partial charge >= 0.3 is 6.03 Å². The Morgan fingerprint density at radius 2 is 1.85 bits per heavy atom. The molecule has 1 atom stereocenters. The van der Waals surface area contributed by atoms with Gasteiger partial charge in [0.1, 0.15) is 5.75 Å². The SMILES string of the molecule is COc1cccc(NC(=O)Nc2ccc(N3CCCC(OC)C3)cc2)c1. The first-order valence-electron chi connectivity index (χ1n) is 8.78. The fourth-order valence-electron chi connectivity index (χ4n) is 3.11. The molecule has 0 bridgehead atoms. The molecule has 1 saturated heterocycles. The van der Waals surface area contributed by atoms with Crippen molar-refractivity contribution < 1.29 is 14.3 Å². The molecule has 1 unspecified atom stereocenters. The maximum atomic E-state index is 12.2. The van der Waals surface area contributed by atoms with E-state index in [1.807, 2.05) is 42.5 Å². The molecule has 6 heteroatoms. The zero-order valence-electron chi connectivity index (χ0n) is 15.2. The van der Waals surface area contributed by atoms with Crippen LogP contribution >= 0.6 is 0 Å². The Kier molecular flexibility index (Phi) is 5.96. The predicted octanol–water partition coefficient (Wildman–Crippen LogP) is 3.95. The number of amides is 2.